The summed E-state index contributed by atoms with van der Waals surface area (Å²) in [6.45, 7) is 3.80. The number of carbonyl (C=O) groups is 1. The molecule has 2 heterocycles. The fourth-order valence-corrected chi connectivity index (χ4v) is 4.34. The van der Waals surface area contributed by atoms with Crippen molar-refractivity contribution >= 4 is 29.0 Å². The van der Waals surface area contributed by atoms with E-state index in [2.05, 4.69) is 16.4 Å². The number of nitrogens with zero attached hydrogens (tertiary/aromatic N) is 2. The number of rotatable bonds is 4. The Morgan fingerprint density at radius 1 is 1.33 bits per heavy atom. The first-order valence-electron chi connectivity index (χ1n) is 7.16. The minimum absolute atomic E-state index is 0.180. The molecular weight excluding hydrogens is 300 g/mol. The molecule has 3 nitrogen and oxygen atoms in total. The van der Waals surface area contributed by atoms with Gasteiger partial charge in [0.05, 0.1) is 0 Å². The van der Waals surface area contributed by atoms with Crippen molar-refractivity contribution < 1.29 is 4.79 Å². The SMILES string of the molecule is Cc1csc(SCc2ccccc2C(=O)N2CCCC2)n1. The molecular formula is C16H18N2OS2. The number of thiazole rings is 1. The van der Waals surface area contributed by atoms with E-state index < -0.39 is 0 Å². The standard InChI is InChI=1S/C16H18N2OS2/c1-12-10-20-16(17-12)21-11-13-6-2-3-7-14(13)15(19)18-8-4-5-9-18/h2-3,6-7,10H,4-5,8-9,11H2,1H3. The summed E-state index contributed by atoms with van der Waals surface area (Å²) in [4.78, 5) is 19.0. The van der Waals surface area contributed by atoms with Gasteiger partial charge >= 0.3 is 0 Å². The van der Waals surface area contributed by atoms with E-state index in [-0.39, 0.29) is 5.91 Å². The highest BCUT2D eigenvalue weighted by Crippen LogP contribution is 2.28. The van der Waals surface area contributed by atoms with Gasteiger partial charge in [-0.15, -0.1) is 11.3 Å². The number of carbonyl (C=O) groups excluding carboxylic acids is 1. The van der Waals surface area contributed by atoms with E-state index >= 15 is 0 Å². The predicted molar refractivity (Wildman–Crippen MR) is 88.0 cm³/mol. The van der Waals surface area contributed by atoms with Gasteiger partial charge in [-0.25, -0.2) is 4.98 Å². The number of likely N-dealkylation sites (tertiary alicyclic amines) is 1. The van der Waals surface area contributed by atoms with Gasteiger partial charge in [0.2, 0.25) is 0 Å². The van der Waals surface area contributed by atoms with E-state index in [0.29, 0.717) is 0 Å². The molecule has 0 N–H and O–H groups in total. The van der Waals surface area contributed by atoms with Crippen molar-refractivity contribution in [3.05, 3.63) is 46.5 Å². The van der Waals surface area contributed by atoms with Crippen LogP contribution >= 0.6 is 23.1 Å². The van der Waals surface area contributed by atoms with Gasteiger partial charge in [-0.3, -0.25) is 4.79 Å². The second kappa shape index (κ2) is 6.62. The molecule has 1 aromatic carbocycles. The molecule has 1 fully saturated rings. The highest BCUT2D eigenvalue weighted by atomic mass is 32.2. The molecule has 0 saturated carbocycles. The largest absolute Gasteiger partial charge is 0.339 e. The first-order valence-corrected chi connectivity index (χ1v) is 9.02. The Labute approximate surface area is 133 Å². The Kier molecular flexibility index (Phi) is 4.60. The lowest BCUT2D eigenvalue weighted by atomic mass is 10.1. The first-order chi connectivity index (χ1) is 10.2. The summed E-state index contributed by atoms with van der Waals surface area (Å²) in [5, 5.41) is 2.06. The summed E-state index contributed by atoms with van der Waals surface area (Å²) in [7, 11) is 0. The van der Waals surface area contributed by atoms with Crippen molar-refractivity contribution in [1.82, 2.24) is 9.88 Å². The molecule has 21 heavy (non-hydrogen) atoms. The van der Waals surface area contributed by atoms with Gasteiger partial charge in [0, 0.05) is 35.5 Å². The van der Waals surface area contributed by atoms with Crippen LogP contribution in [0.2, 0.25) is 0 Å². The maximum absolute atomic E-state index is 12.6. The topological polar surface area (TPSA) is 33.2 Å². The molecule has 0 spiro atoms. The molecule has 0 atom stereocenters. The van der Waals surface area contributed by atoms with Crippen LogP contribution in [0.3, 0.4) is 0 Å². The smallest absolute Gasteiger partial charge is 0.254 e. The van der Waals surface area contributed by atoms with Crippen LogP contribution in [0, 0.1) is 6.92 Å². The lowest BCUT2D eigenvalue weighted by Gasteiger charge is -2.17. The van der Waals surface area contributed by atoms with Crippen LogP contribution < -0.4 is 0 Å². The van der Waals surface area contributed by atoms with Crippen LogP contribution in [0.1, 0.15) is 34.5 Å². The molecule has 1 aliphatic rings. The van der Waals surface area contributed by atoms with Crippen LogP contribution in [-0.4, -0.2) is 28.9 Å². The average molecular weight is 318 g/mol. The van der Waals surface area contributed by atoms with Gasteiger partial charge in [0.1, 0.15) is 4.34 Å². The van der Waals surface area contributed by atoms with Crippen LogP contribution in [0.15, 0.2) is 34.0 Å². The predicted octanol–water partition coefficient (Wildman–Crippen LogP) is 3.98. The number of thioether (sulfide) groups is 1. The number of hydrogen-bond acceptors (Lipinski definition) is 4. The highest BCUT2D eigenvalue weighted by molar-refractivity contribution is 8.00. The van der Waals surface area contributed by atoms with E-state index in [1.54, 1.807) is 23.1 Å². The average Bonchev–Trinajstić information content (AvgIpc) is 3.16. The Bertz CT molecular complexity index is 633. The van der Waals surface area contributed by atoms with Crippen molar-refractivity contribution in [2.75, 3.05) is 13.1 Å². The zero-order valence-corrected chi connectivity index (χ0v) is 13.7. The molecule has 5 heteroatoms. The number of amides is 1. The number of aryl methyl sites for hydroxylation is 1. The lowest BCUT2D eigenvalue weighted by molar-refractivity contribution is 0.0792. The summed E-state index contributed by atoms with van der Waals surface area (Å²) in [6.07, 6.45) is 2.25. The Morgan fingerprint density at radius 2 is 2.10 bits per heavy atom. The van der Waals surface area contributed by atoms with Gasteiger partial charge in [-0.05, 0) is 31.4 Å². The molecule has 3 rings (SSSR count). The van der Waals surface area contributed by atoms with Crippen LogP contribution in [0.5, 0.6) is 0 Å². The van der Waals surface area contributed by atoms with E-state index in [1.165, 1.54) is 0 Å². The third kappa shape index (κ3) is 3.47. The Morgan fingerprint density at radius 3 is 2.81 bits per heavy atom. The lowest BCUT2D eigenvalue weighted by Crippen LogP contribution is -2.28. The quantitative estimate of drug-likeness (QED) is 0.800. The van der Waals surface area contributed by atoms with Crippen LogP contribution in [0.4, 0.5) is 0 Å². The molecule has 0 aliphatic carbocycles. The summed E-state index contributed by atoms with van der Waals surface area (Å²) in [5.41, 5.74) is 3.01. The zero-order chi connectivity index (χ0) is 14.7. The molecule has 1 amide bonds. The van der Waals surface area contributed by atoms with Gasteiger partial charge in [0.25, 0.3) is 5.91 Å². The van der Waals surface area contributed by atoms with E-state index in [9.17, 15) is 4.79 Å². The maximum atomic E-state index is 12.6. The van der Waals surface area contributed by atoms with Gasteiger partial charge in [-0.1, -0.05) is 30.0 Å². The van der Waals surface area contributed by atoms with Crippen molar-refractivity contribution in [1.29, 1.82) is 0 Å². The molecule has 110 valence electrons. The molecule has 2 aromatic rings. The highest BCUT2D eigenvalue weighted by Gasteiger charge is 2.21. The van der Waals surface area contributed by atoms with E-state index in [4.69, 9.17) is 0 Å². The first kappa shape index (κ1) is 14.6. The molecule has 0 bridgehead atoms. The summed E-state index contributed by atoms with van der Waals surface area (Å²) in [5.74, 6) is 0.974. The van der Waals surface area contributed by atoms with Gasteiger partial charge in [0.15, 0.2) is 0 Å². The van der Waals surface area contributed by atoms with E-state index in [1.807, 2.05) is 30.0 Å². The second-order valence-corrected chi connectivity index (χ2v) is 7.28. The molecule has 1 saturated heterocycles. The van der Waals surface area contributed by atoms with Crippen molar-refractivity contribution in [2.45, 2.75) is 29.9 Å². The molecule has 0 radical (unpaired) electrons. The third-order valence-corrected chi connectivity index (χ3v) is 5.78. The fourth-order valence-electron chi connectivity index (χ4n) is 2.48. The summed E-state index contributed by atoms with van der Waals surface area (Å²) in [6, 6.07) is 7.95. The number of benzene rings is 1. The molecule has 1 aliphatic heterocycles. The monoisotopic (exact) mass is 318 g/mol. The minimum Gasteiger partial charge on any atom is -0.339 e. The Hall–Kier alpha value is -1.33. The Balaban J connectivity index is 1.74. The fraction of sp³-hybridized carbons (Fsp3) is 0.375. The van der Waals surface area contributed by atoms with Crippen molar-refractivity contribution in [3.63, 3.8) is 0 Å². The van der Waals surface area contributed by atoms with Crippen molar-refractivity contribution in [2.24, 2.45) is 0 Å². The van der Waals surface area contributed by atoms with Crippen LogP contribution in [0.25, 0.3) is 0 Å². The normalized spacial score (nSPS) is 14.6. The van der Waals surface area contributed by atoms with Crippen LogP contribution in [-0.2, 0) is 5.75 Å². The van der Waals surface area contributed by atoms with Gasteiger partial charge in [-0.2, -0.15) is 0 Å². The molecule has 1 aromatic heterocycles. The summed E-state index contributed by atoms with van der Waals surface area (Å²) < 4.78 is 1.07. The third-order valence-electron chi connectivity index (χ3n) is 3.59. The molecule has 0 unspecified atom stereocenters. The zero-order valence-electron chi connectivity index (χ0n) is 12.0. The van der Waals surface area contributed by atoms with Gasteiger partial charge < -0.3 is 4.90 Å². The van der Waals surface area contributed by atoms with E-state index in [0.717, 1.165) is 52.8 Å². The maximum Gasteiger partial charge on any atom is 0.254 e. The van der Waals surface area contributed by atoms with Crippen molar-refractivity contribution in [3.8, 4) is 0 Å². The minimum atomic E-state index is 0.180. The summed E-state index contributed by atoms with van der Waals surface area (Å²) >= 11 is 3.37. The second-order valence-electron chi connectivity index (χ2n) is 5.20. The number of aromatic nitrogens is 1. The number of hydrogen-bond donors (Lipinski definition) is 0.